The largest absolute Gasteiger partial charge is 0.494 e. The van der Waals surface area contributed by atoms with E-state index >= 15 is 0 Å². The lowest BCUT2D eigenvalue weighted by atomic mass is 10.1. The highest BCUT2D eigenvalue weighted by atomic mass is 19.1. The molecule has 30 heavy (non-hydrogen) atoms. The topological polar surface area (TPSA) is 126 Å². The lowest BCUT2D eigenvalue weighted by molar-refractivity contribution is -0.118. The van der Waals surface area contributed by atoms with E-state index in [1.54, 1.807) is 6.20 Å². The fourth-order valence-corrected chi connectivity index (χ4v) is 2.48. The van der Waals surface area contributed by atoms with Crippen LogP contribution in [-0.2, 0) is 17.9 Å². The number of rotatable bonds is 9. The van der Waals surface area contributed by atoms with Gasteiger partial charge in [-0.15, -0.1) is 0 Å². The van der Waals surface area contributed by atoms with Crippen LogP contribution in [0.15, 0.2) is 30.9 Å². The van der Waals surface area contributed by atoms with Gasteiger partial charge in [-0.25, -0.2) is 18.7 Å². The second kappa shape index (κ2) is 9.03. The van der Waals surface area contributed by atoms with Crippen molar-refractivity contribution in [3.05, 3.63) is 48.1 Å². The Morgan fingerprint density at radius 1 is 1.13 bits per heavy atom. The second-order valence-electron chi connectivity index (χ2n) is 5.94. The number of nitrogens with one attached hydrogen (secondary N) is 1. The molecule has 12 heteroatoms. The zero-order valence-corrected chi connectivity index (χ0v) is 16.1. The van der Waals surface area contributed by atoms with E-state index in [2.05, 4.69) is 20.4 Å². The van der Waals surface area contributed by atoms with Crippen molar-refractivity contribution in [1.82, 2.24) is 19.7 Å². The van der Waals surface area contributed by atoms with Gasteiger partial charge in [0.15, 0.2) is 28.9 Å². The van der Waals surface area contributed by atoms with E-state index in [0.717, 1.165) is 6.07 Å². The third kappa shape index (κ3) is 4.71. The van der Waals surface area contributed by atoms with Crippen molar-refractivity contribution in [2.24, 2.45) is 5.73 Å². The van der Waals surface area contributed by atoms with Gasteiger partial charge in [-0.05, 0) is 0 Å². The molecule has 0 saturated carbocycles. The quantitative estimate of drug-likeness (QED) is 0.536. The fourth-order valence-electron chi connectivity index (χ4n) is 2.48. The fraction of sp³-hybridized carbons (Fsp3) is 0.222. The summed E-state index contributed by atoms with van der Waals surface area (Å²) in [6.07, 6.45) is 5.69. The lowest BCUT2D eigenvalue weighted by Gasteiger charge is -2.13. The summed E-state index contributed by atoms with van der Waals surface area (Å²) >= 11 is 0. The molecule has 0 bridgehead atoms. The van der Waals surface area contributed by atoms with Gasteiger partial charge in [0.1, 0.15) is 13.2 Å². The molecule has 0 aliphatic rings. The van der Waals surface area contributed by atoms with Crippen LogP contribution in [0.25, 0.3) is 0 Å². The smallest absolute Gasteiger partial charge is 0.239 e. The van der Waals surface area contributed by atoms with Crippen molar-refractivity contribution < 1.29 is 27.8 Å². The molecule has 0 aliphatic carbocycles. The number of carbonyl (C=O) groups excluding carboxylic acids is 1. The number of benzene rings is 1. The average molecular weight is 420 g/mol. The Morgan fingerprint density at radius 3 is 2.33 bits per heavy atom. The first-order valence-electron chi connectivity index (χ1n) is 8.52. The van der Waals surface area contributed by atoms with Crippen molar-refractivity contribution in [3.8, 4) is 17.2 Å². The minimum absolute atomic E-state index is 0.0580. The molecule has 0 fully saturated rings. The third-order valence-electron chi connectivity index (χ3n) is 3.88. The molecule has 0 unspecified atom stereocenters. The Hall–Kier alpha value is -3.96. The van der Waals surface area contributed by atoms with Crippen LogP contribution < -0.4 is 25.3 Å². The number of aromatic nitrogens is 4. The number of hydrogen-bond acceptors (Lipinski definition) is 8. The van der Waals surface area contributed by atoms with Crippen LogP contribution in [0.1, 0.15) is 5.56 Å². The normalized spacial score (nSPS) is 10.5. The van der Waals surface area contributed by atoms with Gasteiger partial charge >= 0.3 is 0 Å². The molecule has 0 atom stereocenters. The summed E-state index contributed by atoms with van der Waals surface area (Å²) in [6.45, 7) is -0.487. The molecule has 0 spiro atoms. The Morgan fingerprint density at radius 2 is 1.77 bits per heavy atom. The Kier molecular flexibility index (Phi) is 6.25. The van der Waals surface area contributed by atoms with E-state index in [9.17, 15) is 13.6 Å². The zero-order chi connectivity index (χ0) is 21.7. The first kappa shape index (κ1) is 20.8. The van der Waals surface area contributed by atoms with Crippen molar-refractivity contribution in [3.63, 3.8) is 0 Å². The maximum atomic E-state index is 14.4. The van der Waals surface area contributed by atoms with Crippen molar-refractivity contribution in [2.45, 2.75) is 13.2 Å². The number of primary amides is 1. The summed E-state index contributed by atoms with van der Waals surface area (Å²) in [5, 5.41) is 6.84. The molecular weight excluding hydrogens is 402 g/mol. The van der Waals surface area contributed by atoms with Gasteiger partial charge in [0.25, 0.3) is 0 Å². The van der Waals surface area contributed by atoms with Gasteiger partial charge < -0.3 is 25.3 Å². The highest BCUT2D eigenvalue weighted by molar-refractivity contribution is 5.73. The summed E-state index contributed by atoms with van der Waals surface area (Å²) < 4.78 is 45.2. The number of methoxy groups -OCH3 is 2. The van der Waals surface area contributed by atoms with Crippen LogP contribution in [0, 0.1) is 11.6 Å². The summed E-state index contributed by atoms with van der Waals surface area (Å²) in [6, 6.07) is 1.11. The molecule has 0 aliphatic heterocycles. The minimum atomic E-state index is -0.886. The Labute approximate surface area is 169 Å². The summed E-state index contributed by atoms with van der Waals surface area (Å²) in [4.78, 5) is 19.0. The Balaban J connectivity index is 1.67. The first-order chi connectivity index (χ1) is 14.4. The van der Waals surface area contributed by atoms with Gasteiger partial charge in [0, 0.05) is 12.3 Å². The molecule has 3 rings (SSSR count). The maximum Gasteiger partial charge on any atom is 0.239 e. The maximum absolute atomic E-state index is 14.4. The summed E-state index contributed by atoms with van der Waals surface area (Å²) in [5.41, 5.74) is 5.29. The zero-order valence-electron chi connectivity index (χ0n) is 16.1. The Bertz CT molecular complexity index is 1010. The van der Waals surface area contributed by atoms with Crippen LogP contribution in [0.3, 0.4) is 0 Å². The van der Waals surface area contributed by atoms with Gasteiger partial charge in [-0.1, -0.05) is 0 Å². The summed E-state index contributed by atoms with van der Waals surface area (Å²) in [7, 11) is 2.52. The van der Waals surface area contributed by atoms with Gasteiger partial charge in [-0.2, -0.15) is 5.10 Å². The molecule has 3 N–H and O–H groups in total. The standard InChI is InChI=1S/C18H18F2N6O4/c1-28-13-3-14(29-2)17(20)12(16(13)19)9-30-11-5-22-18(23-6-11)25-10-4-24-26(7-10)8-15(21)27/h3-7H,8-9H2,1-2H3,(H2,21,27)(H,22,23,25). The SMILES string of the molecule is COc1cc(OC)c(F)c(COc2cnc(Nc3cnn(CC(N)=O)c3)nc2)c1F. The second-order valence-corrected chi connectivity index (χ2v) is 5.94. The predicted octanol–water partition coefficient (Wildman–Crippen LogP) is 1.78. The van der Waals surface area contributed by atoms with Crippen molar-refractivity contribution >= 4 is 17.5 Å². The van der Waals surface area contributed by atoms with Crippen LogP contribution in [0.5, 0.6) is 17.2 Å². The molecule has 158 valence electrons. The van der Waals surface area contributed by atoms with E-state index in [0.29, 0.717) is 5.69 Å². The number of amides is 1. The van der Waals surface area contributed by atoms with Crippen LogP contribution in [0.4, 0.5) is 20.4 Å². The first-order valence-corrected chi connectivity index (χ1v) is 8.52. The van der Waals surface area contributed by atoms with Gasteiger partial charge in [-0.3, -0.25) is 9.48 Å². The van der Waals surface area contributed by atoms with Crippen LogP contribution >= 0.6 is 0 Å². The predicted molar refractivity (Wildman–Crippen MR) is 101 cm³/mol. The van der Waals surface area contributed by atoms with E-state index in [1.807, 2.05) is 0 Å². The van der Waals surface area contributed by atoms with Gasteiger partial charge in [0.05, 0.1) is 44.1 Å². The minimum Gasteiger partial charge on any atom is -0.494 e. The number of nitrogens with zero attached hydrogens (tertiary/aromatic N) is 4. The molecule has 0 saturated heterocycles. The highest BCUT2D eigenvalue weighted by Crippen LogP contribution is 2.31. The van der Waals surface area contributed by atoms with E-state index in [4.69, 9.17) is 19.9 Å². The number of hydrogen-bond donors (Lipinski definition) is 2. The lowest BCUT2D eigenvalue weighted by Crippen LogP contribution is -2.18. The third-order valence-corrected chi connectivity index (χ3v) is 3.88. The summed E-state index contributed by atoms with van der Waals surface area (Å²) in [5.74, 6) is -2.22. The number of anilines is 2. The van der Waals surface area contributed by atoms with Crippen LogP contribution in [0.2, 0.25) is 0 Å². The number of nitrogens with two attached hydrogens (primary N) is 1. The molecule has 2 aromatic heterocycles. The molecule has 1 aromatic carbocycles. The molecule has 1 amide bonds. The highest BCUT2D eigenvalue weighted by Gasteiger charge is 2.20. The van der Waals surface area contributed by atoms with Gasteiger partial charge in [0.2, 0.25) is 11.9 Å². The number of halogens is 2. The van der Waals surface area contributed by atoms with Crippen molar-refractivity contribution in [1.29, 1.82) is 0 Å². The van der Waals surface area contributed by atoms with E-state index < -0.39 is 24.1 Å². The molecule has 10 nitrogen and oxygen atoms in total. The van der Waals surface area contributed by atoms with Crippen LogP contribution in [-0.4, -0.2) is 39.9 Å². The average Bonchev–Trinajstić information content (AvgIpc) is 3.15. The number of ether oxygens (including phenoxy) is 3. The molecule has 2 heterocycles. The molecule has 3 aromatic rings. The van der Waals surface area contributed by atoms with E-state index in [-0.39, 0.29) is 35.3 Å². The number of carbonyl (C=O) groups is 1. The molecule has 0 radical (unpaired) electrons. The molecular formula is C18H18F2N6O4. The monoisotopic (exact) mass is 420 g/mol. The van der Waals surface area contributed by atoms with Crippen molar-refractivity contribution in [2.75, 3.05) is 19.5 Å². The van der Waals surface area contributed by atoms with E-state index in [1.165, 1.54) is 37.5 Å².